The van der Waals surface area contributed by atoms with E-state index in [1.165, 1.54) is 23.6 Å². The maximum absolute atomic E-state index is 13.2. The Hall–Kier alpha value is -0.820. The zero-order valence-electron chi connectivity index (χ0n) is 17.7. The van der Waals surface area contributed by atoms with Gasteiger partial charge in [0.05, 0.1) is 21.7 Å². The lowest BCUT2D eigenvalue weighted by atomic mass is 9.53. The third-order valence-electron chi connectivity index (χ3n) is 7.91. The Labute approximate surface area is 194 Å². The van der Waals surface area contributed by atoms with Gasteiger partial charge < -0.3 is 5.32 Å². The van der Waals surface area contributed by atoms with Gasteiger partial charge in [-0.1, -0.05) is 29.3 Å². The van der Waals surface area contributed by atoms with Gasteiger partial charge in [-0.15, -0.1) is 0 Å². The lowest BCUT2D eigenvalue weighted by Crippen LogP contribution is -2.61. The fourth-order valence-electron chi connectivity index (χ4n) is 6.97. The lowest BCUT2D eigenvalue weighted by molar-refractivity contribution is -0.131. The topological polar surface area (TPSA) is 66.5 Å². The van der Waals surface area contributed by atoms with Crippen molar-refractivity contribution in [2.75, 3.05) is 13.1 Å². The van der Waals surface area contributed by atoms with Crippen molar-refractivity contribution in [2.45, 2.75) is 62.7 Å². The molecule has 170 valence electrons. The van der Waals surface area contributed by atoms with Crippen molar-refractivity contribution < 1.29 is 13.2 Å². The molecule has 5 nitrogen and oxygen atoms in total. The van der Waals surface area contributed by atoms with Crippen molar-refractivity contribution in [3.05, 3.63) is 33.8 Å². The SMILES string of the molecule is O=C(NC12CC3CC(CC(C3)C1)C2)C1CCCN(S(=O)(=O)Cc2ccc(Cl)c(Cl)c2)C1. The van der Waals surface area contributed by atoms with Gasteiger partial charge in [-0.25, -0.2) is 12.7 Å². The van der Waals surface area contributed by atoms with Gasteiger partial charge in [-0.3, -0.25) is 4.79 Å². The minimum Gasteiger partial charge on any atom is -0.350 e. The first-order valence-electron chi connectivity index (χ1n) is 11.5. The van der Waals surface area contributed by atoms with Gasteiger partial charge in [0.1, 0.15) is 0 Å². The number of sulfonamides is 1. The van der Waals surface area contributed by atoms with Gasteiger partial charge in [0.25, 0.3) is 0 Å². The van der Waals surface area contributed by atoms with E-state index in [4.69, 9.17) is 23.2 Å². The van der Waals surface area contributed by atoms with E-state index in [1.807, 2.05) is 0 Å². The molecule has 1 atom stereocenters. The van der Waals surface area contributed by atoms with E-state index < -0.39 is 10.0 Å². The predicted molar refractivity (Wildman–Crippen MR) is 122 cm³/mol. The molecule has 1 aromatic carbocycles. The van der Waals surface area contributed by atoms with Crippen LogP contribution in [0, 0.1) is 23.7 Å². The molecular weight excluding hydrogens is 455 g/mol. The van der Waals surface area contributed by atoms with E-state index in [2.05, 4.69) is 5.32 Å². The van der Waals surface area contributed by atoms with E-state index >= 15 is 0 Å². The van der Waals surface area contributed by atoms with Crippen LogP contribution in [-0.4, -0.2) is 37.3 Å². The maximum Gasteiger partial charge on any atom is 0.224 e. The van der Waals surface area contributed by atoms with Crippen LogP contribution in [0.5, 0.6) is 0 Å². The molecule has 1 N–H and O–H groups in total. The highest BCUT2D eigenvalue weighted by Gasteiger charge is 2.52. The third kappa shape index (κ3) is 4.50. The molecule has 4 saturated carbocycles. The smallest absolute Gasteiger partial charge is 0.224 e. The summed E-state index contributed by atoms with van der Waals surface area (Å²) in [6.45, 7) is 0.729. The lowest BCUT2D eigenvalue weighted by Gasteiger charge is -2.57. The van der Waals surface area contributed by atoms with Crippen molar-refractivity contribution in [1.29, 1.82) is 0 Å². The molecule has 1 saturated heterocycles. The van der Waals surface area contributed by atoms with Gasteiger partial charge in [0.15, 0.2) is 0 Å². The Balaban J connectivity index is 1.24. The molecule has 0 spiro atoms. The molecule has 0 radical (unpaired) electrons. The summed E-state index contributed by atoms with van der Waals surface area (Å²) in [7, 11) is -3.53. The molecule has 1 aliphatic heterocycles. The van der Waals surface area contributed by atoms with Crippen LogP contribution in [0.2, 0.25) is 10.0 Å². The highest BCUT2D eigenvalue weighted by Crippen LogP contribution is 2.55. The standard InChI is InChI=1S/C23H30Cl2N2O3S/c24-20-4-3-15(9-21(20)25)14-31(29,30)27-5-1-2-19(13-27)22(28)26-23-10-16-6-17(11-23)8-18(7-16)12-23/h3-4,9,16-19H,1-2,5-8,10-14H2,(H,26,28). The Morgan fingerprint density at radius 1 is 1.06 bits per heavy atom. The van der Waals surface area contributed by atoms with Gasteiger partial charge >= 0.3 is 0 Å². The van der Waals surface area contributed by atoms with E-state index in [1.54, 1.807) is 18.2 Å². The molecule has 31 heavy (non-hydrogen) atoms. The molecule has 1 amide bonds. The molecule has 1 unspecified atom stereocenters. The van der Waals surface area contributed by atoms with E-state index in [-0.39, 0.29) is 29.7 Å². The Morgan fingerprint density at radius 2 is 1.71 bits per heavy atom. The molecule has 8 heteroatoms. The number of hydrogen-bond acceptors (Lipinski definition) is 3. The van der Waals surface area contributed by atoms with Crippen LogP contribution in [-0.2, 0) is 20.6 Å². The van der Waals surface area contributed by atoms with E-state index in [0.29, 0.717) is 28.6 Å². The zero-order valence-corrected chi connectivity index (χ0v) is 20.0. The number of halogens is 2. The second-order valence-corrected chi connectivity index (χ2v) is 13.2. The van der Waals surface area contributed by atoms with Crippen molar-refractivity contribution in [1.82, 2.24) is 9.62 Å². The summed E-state index contributed by atoms with van der Waals surface area (Å²) in [5, 5.41) is 4.19. The van der Waals surface area contributed by atoms with Crippen molar-refractivity contribution in [3.63, 3.8) is 0 Å². The van der Waals surface area contributed by atoms with Gasteiger partial charge in [-0.2, -0.15) is 0 Å². The van der Waals surface area contributed by atoms with E-state index in [9.17, 15) is 13.2 Å². The molecule has 4 aliphatic carbocycles. The number of carbonyl (C=O) groups excluding carboxylic acids is 1. The fraction of sp³-hybridized carbons (Fsp3) is 0.696. The minimum absolute atomic E-state index is 0.0347. The van der Waals surface area contributed by atoms with Crippen molar-refractivity contribution >= 4 is 39.1 Å². The zero-order chi connectivity index (χ0) is 21.8. The monoisotopic (exact) mass is 484 g/mol. The van der Waals surface area contributed by atoms with Crippen LogP contribution in [0.3, 0.4) is 0 Å². The van der Waals surface area contributed by atoms with Crippen molar-refractivity contribution in [3.8, 4) is 0 Å². The first-order chi connectivity index (χ1) is 14.7. The number of amides is 1. The number of nitrogens with zero attached hydrogens (tertiary/aromatic N) is 1. The summed E-state index contributed by atoms with van der Waals surface area (Å²) < 4.78 is 27.6. The molecule has 0 aromatic heterocycles. The molecule has 1 aromatic rings. The largest absolute Gasteiger partial charge is 0.350 e. The molecule has 6 rings (SSSR count). The van der Waals surface area contributed by atoms with Crippen LogP contribution in [0.15, 0.2) is 18.2 Å². The van der Waals surface area contributed by atoms with Crippen molar-refractivity contribution in [2.24, 2.45) is 23.7 Å². The van der Waals surface area contributed by atoms with Crippen LogP contribution in [0.1, 0.15) is 56.9 Å². The summed E-state index contributed by atoms with van der Waals surface area (Å²) in [4.78, 5) is 13.2. The summed E-state index contributed by atoms with van der Waals surface area (Å²) >= 11 is 12.0. The van der Waals surface area contributed by atoms with Gasteiger partial charge in [0.2, 0.25) is 15.9 Å². The first-order valence-corrected chi connectivity index (χ1v) is 13.8. The Kier molecular flexibility index (Phi) is 5.81. The normalized spacial score (nSPS) is 35.3. The van der Waals surface area contributed by atoms with Crippen LogP contribution < -0.4 is 5.32 Å². The van der Waals surface area contributed by atoms with Gasteiger partial charge in [-0.05, 0) is 86.8 Å². The maximum atomic E-state index is 13.2. The average Bonchev–Trinajstić information content (AvgIpc) is 2.69. The molecular formula is C23H30Cl2N2O3S. The number of benzene rings is 1. The summed E-state index contributed by atoms with van der Waals surface area (Å²) in [6, 6.07) is 4.90. The Morgan fingerprint density at radius 3 is 2.32 bits per heavy atom. The van der Waals surface area contributed by atoms with Crippen LogP contribution >= 0.6 is 23.2 Å². The Bertz CT molecular complexity index is 946. The highest BCUT2D eigenvalue weighted by molar-refractivity contribution is 7.88. The summed E-state index contributed by atoms with van der Waals surface area (Å²) in [5.41, 5.74) is 0.571. The second-order valence-electron chi connectivity index (χ2n) is 10.4. The number of piperidine rings is 1. The van der Waals surface area contributed by atoms with Crippen LogP contribution in [0.25, 0.3) is 0 Å². The first kappa shape index (κ1) is 22.0. The number of hydrogen-bond donors (Lipinski definition) is 1. The summed E-state index contributed by atoms with van der Waals surface area (Å²) in [6.07, 6.45) is 8.78. The number of nitrogens with one attached hydrogen (secondary N) is 1. The van der Waals surface area contributed by atoms with E-state index in [0.717, 1.165) is 43.4 Å². The van der Waals surface area contributed by atoms with Gasteiger partial charge in [0, 0.05) is 18.6 Å². The molecule has 5 fully saturated rings. The quantitative estimate of drug-likeness (QED) is 0.662. The number of rotatable bonds is 5. The minimum atomic E-state index is -3.53. The highest BCUT2D eigenvalue weighted by atomic mass is 35.5. The number of carbonyl (C=O) groups is 1. The third-order valence-corrected chi connectivity index (χ3v) is 10.5. The molecule has 1 heterocycles. The van der Waals surface area contributed by atoms with Crippen LogP contribution in [0.4, 0.5) is 0 Å². The summed E-state index contributed by atoms with van der Waals surface area (Å²) in [5.74, 6) is 1.94. The molecule has 5 aliphatic rings. The molecule has 4 bridgehead atoms. The predicted octanol–water partition coefficient (Wildman–Crippen LogP) is 4.62. The second kappa shape index (κ2) is 8.19. The average molecular weight is 485 g/mol. The fourth-order valence-corrected chi connectivity index (χ4v) is 8.89.